The number of nitrogens with one attached hydrogen (secondary N) is 9. The fourth-order valence-corrected chi connectivity index (χ4v) is 13.6. The second-order valence-electron chi connectivity index (χ2n) is 29.2. The van der Waals surface area contributed by atoms with Crippen LogP contribution in [0.4, 0.5) is 39.5 Å². The Morgan fingerprint density at radius 3 is 0.938 bits per heavy atom. The third-order valence-electron chi connectivity index (χ3n) is 20.0. The predicted molar refractivity (Wildman–Crippen MR) is 455 cm³/mol. The van der Waals surface area contributed by atoms with Crippen molar-refractivity contribution >= 4 is 56.8 Å². The number of carbonyl (C=O) groups is 4. The number of nitrogens with zero attached hydrogens (tertiary/aromatic N) is 3. The minimum atomic E-state index is -1.63. The molecule has 3 atom stereocenters. The Kier molecular flexibility index (Phi) is 27.5. The molecule has 0 unspecified atom stereocenters. The summed E-state index contributed by atoms with van der Waals surface area (Å²) in [7, 11) is 0. The zero-order chi connectivity index (χ0) is 92.0. The summed E-state index contributed by atoms with van der Waals surface area (Å²) in [4.78, 5) is 142. The van der Waals surface area contributed by atoms with Crippen LogP contribution in [0.3, 0.4) is 0 Å². The van der Waals surface area contributed by atoms with Crippen LogP contribution in [0.1, 0.15) is 95.1 Å². The molecule has 10 N–H and O–H groups in total. The number of hydrogen-bond acceptors (Lipinski definition) is 16. The van der Waals surface area contributed by atoms with Gasteiger partial charge in [-0.25, -0.2) is 53.9 Å². The molecule has 0 bridgehead atoms. The molecule has 10 aromatic carbocycles. The molecule has 6 aromatic heterocycles. The first-order chi connectivity index (χ1) is 62.5. The number of phenols is 1. The molecule has 3 amide bonds. The number of hydrogen-bond donors (Lipinski definition) is 10. The third kappa shape index (κ3) is 22.2. The predicted octanol–water partition coefficient (Wildman–Crippen LogP) is 13.3. The van der Waals surface area contributed by atoms with E-state index in [0.29, 0.717) is 79.4 Å². The van der Waals surface area contributed by atoms with Crippen LogP contribution in [-0.4, -0.2) is 92.2 Å². The fourth-order valence-electron chi connectivity index (χ4n) is 13.6. The van der Waals surface area contributed by atoms with E-state index in [4.69, 9.17) is 23.7 Å². The van der Waals surface area contributed by atoms with E-state index in [1.807, 2.05) is 30.3 Å². The summed E-state index contributed by atoms with van der Waals surface area (Å²) in [5.41, 5.74) is 2.02. The number of carbonyl (C=O) groups excluding carboxylic acids is 4. The third-order valence-corrected chi connectivity index (χ3v) is 20.0. The number of fused-ring (bicyclic) bond motifs is 3. The number of imidazole rings is 3. The number of pyridine rings is 3. The van der Waals surface area contributed by atoms with Gasteiger partial charge in [-0.15, -0.1) is 0 Å². The lowest BCUT2D eigenvalue weighted by molar-refractivity contribution is -0.131. The molecule has 16 aromatic rings. The number of aromatic hydroxyl groups is 1. The number of benzene rings is 10. The van der Waals surface area contributed by atoms with Crippen LogP contribution in [-0.2, 0) is 31.0 Å². The van der Waals surface area contributed by atoms with Gasteiger partial charge >= 0.3 is 23.0 Å². The van der Waals surface area contributed by atoms with Crippen LogP contribution in [0, 0.1) is 52.4 Å². The summed E-state index contributed by atoms with van der Waals surface area (Å²) in [5.74, 6) is -13.8. The maximum Gasteiger partial charge on any atom is 0.323 e. The van der Waals surface area contributed by atoms with E-state index >= 15 is 0 Å². The normalized spacial score (nSPS) is 11.8. The van der Waals surface area contributed by atoms with Gasteiger partial charge in [0.05, 0.1) is 70.9 Å². The first-order valence-electron chi connectivity index (χ1n) is 39.3. The van der Waals surface area contributed by atoms with Crippen LogP contribution in [0.15, 0.2) is 278 Å². The molecule has 37 heteroatoms. The minimum Gasteiger partial charge on any atom is -0.508 e. The van der Waals surface area contributed by atoms with Gasteiger partial charge in [-0.3, -0.25) is 33.6 Å². The van der Waals surface area contributed by atoms with Gasteiger partial charge in [0, 0.05) is 43.7 Å². The highest BCUT2D eigenvalue weighted by molar-refractivity contribution is 5.95. The molecule has 16 rings (SSSR count). The standard InChI is InChI=1S/C35H27F3N4O5.C30H23F3N4O6.C28H21F3N4O5/c36-27-15-22(16-28(37)32(27)38)18-42-14-4-7-26(34(42)44)33(43)39-31(20-47-25-12-13-29-30(17-25)41-35(45)40-29)23-8-10-24(11-9-23)46-19-21-5-2-1-3-6-21;1-16(38)43-19-6-4-18(5-7-19)26(15-42-20-8-9-24-25(13-20)36-30(41)35-24)34-28(39)21-3-2-10-37(29(21)40)14-17-11-22(31)27(33)23(32)12-17;29-20-10-15(11-21(30)25(20)31)13-35-9-1-2-19(27(35)38)26(37)32-24(16-3-5-17(36)6-4-16)14-40-18-7-8-22-23(12-18)34-28(39)33-22/h1-17,31H,18-20H2,(H,39,43)(H2,40,41,45);2-13,26H,14-15H2,1H3,(H,34,39)(H2,35,36,41);1-12,24,36H,13-14H2,(H,32,37)(H2,33,34,39)/t31-;26-;24-/m000/s1. The molecule has 0 aliphatic heterocycles. The van der Waals surface area contributed by atoms with Crippen LogP contribution in [0.5, 0.6) is 34.5 Å². The smallest absolute Gasteiger partial charge is 0.323 e. The van der Waals surface area contributed by atoms with Crippen molar-refractivity contribution in [1.82, 2.24) is 59.6 Å². The number of ether oxygens (including phenoxy) is 5. The van der Waals surface area contributed by atoms with Crippen LogP contribution in [0.25, 0.3) is 33.1 Å². The molecular weight excluding hydrogens is 1710 g/mol. The lowest BCUT2D eigenvalue weighted by Gasteiger charge is -2.20. The Hall–Kier alpha value is -16.9. The highest BCUT2D eigenvalue weighted by Crippen LogP contribution is 2.29. The average molecular weight is 1780 g/mol. The monoisotopic (exact) mass is 1780 g/mol. The van der Waals surface area contributed by atoms with Crippen molar-refractivity contribution in [3.8, 4) is 34.5 Å². The van der Waals surface area contributed by atoms with E-state index < -0.39 is 111 Å². The number of aromatic amines is 6. The molecule has 0 saturated carbocycles. The summed E-state index contributed by atoms with van der Waals surface area (Å²) in [6.45, 7) is 0.476. The van der Waals surface area contributed by atoms with Crippen molar-refractivity contribution < 1.29 is 87.5 Å². The Balaban J connectivity index is 0.000000158. The summed E-state index contributed by atoms with van der Waals surface area (Å²) < 4.78 is 154. The van der Waals surface area contributed by atoms with E-state index in [0.717, 1.165) is 55.7 Å². The SMILES string of the molecule is CC(=O)Oc1ccc([C@H](COc2ccc3[nH]c(=O)[nH]c3c2)NC(=O)c2cccn(Cc3cc(F)c(F)c(F)c3)c2=O)cc1.O=C(N[C@@H](COc1ccc2[nH]c(=O)[nH]c2c1)c1ccc(O)cc1)c1cccn(Cc2cc(F)c(F)c(F)c2)c1=O.O=C(N[C@@H](COc1ccc2[nH]c(=O)[nH]c2c1)c1ccc(OCc2ccccc2)cc1)c1cccn(Cc2cc(F)c(F)c(F)c2)c1=O. The minimum absolute atomic E-state index is 0.00245. The summed E-state index contributed by atoms with van der Waals surface area (Å²) in [6.07, 6.45) is 4.02. The van der Waals surface area contributed by atoms with Crippen molar-refractivity contribution in [3.05, 3.63) is 420 Å². The van der Waals surface area contributed by atoms with Crippen molar-refractivity contribution in [2.24, 2.45) is 0 Å². The maximum atomic E-state index is 13.8. The molecule has 662 valence electrons. The van der Waals surface area contributed by atoms with Gasteiger partial charge in [-0.05, 0) is 185 Å². The molecule has 6 heterocycles. The molecule has 0 radical (unpaired) electrons. The largest absolute Gasteiger partial charge is 0.508 e. The quantitative estimate of drug-likeness (QED) is 0.00942. The molecule has 0 aliphatic carbocycles. The second kappa shape index (κ2) is 40.0. The summed E-state index contributed by atoms with van der Waals surface area (Å²) in [6, 6.07) is 54.3. The van der Waals surface area contributed by atoms with Gasteiger partial charge in [0.25, 0.3) is 34.4 Å². The number of halogens is 9. The van der Waals surface area contributed by atoms with Gasteiger partial charge in [0.2, 0.25) is 0 Å². The number of rotatable bonds is 28. The highest BCUT2D eigenvalue weighted by Gasteiger charge is 2.26. The Bertz CT molecular complexity index is 7230. The Morgan fingerprint density at radius 2 is 0.623 bits per heavy atom. The summed E-state index contributed by atoms with van der Waals surface area (Å²) in [5, 5.41) is 18.0. The van der Waals surface area contributed by atoms with Crippen LogP contribution < -0.4 is 73.4 Å². The number of esters is 1. The molecule has 0 aliphatic rings. The summed E-state index contributed by atoms with van der Waals surface area (Å²) >= 11 is 0. The molecular formula is C93H71F9N12O16. The zero-order valence-electron chi connectivity index (χ0n) is 67.7. The fraction of sp³-hybridized carbons (Fsp3) is 0.118. The molecule has 0 fully saturated rings. The lowest BCUT2D eigenvalue weighted by Crippen LogP contribution is -2.37. The molecule has 130 heavy (non-hydrogen) atoms. The Morgan fingerprint density at radius 1 is 0.331 bits per heavy atom. The number of amides is 3. The van der Waals surface area contributed by atoms with E-state index in [1.165, 1.54) is 86.2 Å². The topological polar surface area (TPSA) is 383 Å². The second-order valence-corrected chi connectivity index (χ2v) is 29.2. The first kappa shape index (κ1) is 89.4. The highest BCUT2D eigenvalue weighted by atomic mass is 19.2. The lowest BCUT2D eigenvalue weighted by atomic mass is 10.1. The first-order valence-corrected chi connectivity index (χ1v) is 39.3. The van der Waals surface area contributed by atoms with E-state index in [9.17, 15) is 92.6 Å². The van der Waals surface area contributed by atoms with Crippen molar-refractivity contribution in [3.63, 3.8) is 0 Å². The van der Waals surface area contributed by atoms with Gasteiger partial charge in [0.15, 0.2) is 52.4 Å². The average Bonchev–Trinajstić information content (AvgIpc) is 0.959. The number of aromatic nitrogens is 9. The van der Waals surface area contributed by atoms with Crippen LogP contribution in [0.2, 0.25) is 0 Å². The van der Waals surface area contributed by atoms with Gasteiger partial charge in [-0.1, -0.05) is 66.7 Å². The van der Waals surface area contributed by atoms with Gasteiger partial charge < -0.3 is 88.3 Å². The number of phenolic OH excluding ortho intramolecular Hbond substituents is 1. The van der Waals surface area contributed by atoms with Gasteiger partial charge in [0.1, 0.15) is 77.6 Å². The van der Waals surface area contributed by atoms with Crippen molar-refractivity contribution in [2.75, 3.05) is 19.8 Å². The molecule has 0 saturated heterocycles. The van der Waals surface area contributed by atoms with Crippen LogP contribution >= 0.6 is 0 Å². The maximum absolute atomic E-state index is 13.8. The van der Waals surface area contributed by atoms with Gasteiger partial charge in [-0.2, -0.15) is 0 Å². The van der Waals surface area contributed by atoms with E-state index in [1.54, 1.807) is 103 Å². The molecule has 28 nitrogen and oxygen atoms in total. The molecule has 0 spiro atoms. The number of H-pyrrole nitrogens is 6. The van der Waals surface area contributed by atoms with Crippen molar-refractivity contribution in [1.29, 1.82) is 0 Å². The van der Waals surface area contributed by atoms with E-state index in [2.05, 4.69) is 45.9 Å². The van der Waals surface area contributed by atoms with E-state index in [-0.39, 0.29) is 101 Å². The van der Waals surface area contributed by atoms with Crippen molar-refractivity contribution in [2.45, 2.75) is 51.3 Å². The Labute approximate surface area is 725 Å². The zero-order valence-corrected chi connectivity index (χ0v) is 67.7.